The molecule has 4 rings (SSSR count). The van der Waals surface area contributed by atoms with Crippen LogP contribution >= 0.6 is 23.5 Å². The Morgan fingerprint density at radius 3 is 2.54 bits per heavy atom. The third-order valence-electron chi connectivity index (χ3n) is 4.40. The molecule has 0 saturated carbocycles. The molecule has 0 amide bonds. The molecule has 1 aliphatic rings. The van der Waals surface area contributed by atoms with E-state index >= 15 is 0 Å². The lowest BCUT2D eigenvalue weighted by molar-refractivity contribution is 0.431. The highest BCUT2D eigenvalue weighted by Crippen LogP contribution is 2.42. The summed E-state index contributed by atoms with van der Waals surface area (Å²) in [5.41, 5.74) is 2.66. The highest BCUT2D eigenvalue weighted by atomic mass is 32.2. The first-order chi connectivity index (χ1) is 12.6. The molecule has 4 nitrogen and oxygen atoms in total. The average Bonchev–Trinajstić information content (AvgIpc) is 2.65. The van der Waals surface area contributed by atoms with E-state index in [4.69, 9.17) is 0 Å². The summed E-state index contributed by atoms with van der Waals surface area (Å²) in [6, 6.07) is 19.0. The molecule has 1 aliphatic heterocycles. The van der Waals surface area contributed by atoms with E-state index in [-0.39, 0.29) is 11.6 Å². The largest absolute Gasteiger partial charge is 0.295 e. The van der Waals surface area contributed by atoms with Crippen molar-refractivity contribution in [3.63, 3.8) is 0 Å². The van der Waals surface area contributed by atoms with Crippen LogP contribution in [0.5, 0.6) is 0 Å². The molecule has 0 spiro atoms. The Balaban J connectivity index is 1.77. The summed E-state index contributed by atoms with van der Waals surface area (Å²) in [7, 11) is 0. The van der Waals surface area contributed by atoms with Crippen LogP contribution in [0, 0.1) is 13.8 Å². The molecule has 0 saturated heterocycles. The van der Waals surface area contributed by atoms with E-state index in [2.05, 4.69) is 53.4 Å². The molecule has 6 heteroatoms. The van der Waals surface area contributed by atoms with Gasteiger partial charge < -0.3 is 0 Å². The number of aryl methyl sites for hydroxylation is 2. The molecule has 0 radical (unpaired) electrons. The van der Waals surface area contributed by atoms with Gasteiger partial charge in [0, 0.05) is 15.9 Å². The van der Waals surface area contributed by atoms with Gasteiger partial charge in [0.2, 0.25) is 0 Å². The monoisotopic (exact) mass is 381 g/mol. The van der Waals surface area contributed by atoms with E-state index in [0.29, 0.717) is 16.1 Å². The standard InChI is InChI=1S/C20H19N3OS2/c1-13-8-10-16(11-9-13)26-17-12-25-20-21-19(24)14(2)22-23(20)18(17)15-6-4-3-5-7-15/h3-11,17-18H,12H2,1-2H3. The van der Waals surface area contributed by atoms with Gasteiger partial charge in [0.25, 0.3) is 5.56 Å². The predicted octanol–water partition coefficient (Wildman–Crippen LogP) is 4.11. The fourth-order valence-corrected chi connectivity index (χ4v) is 5.50. The van der Waals surface area contributed by atoms with Gasteiger partial charge in [-0.25, -0.2) is 4.68 Å². The fraction of sp³-hybridized carbons (Fsp3) is 0.250. The van der Waals surface area contributed by atoms with E-state index in [9.17, 15) is 4.79 Å². The van der Waals surface area contributed by atoms with E-state index < -0.39 is 0 Å². The first-order valence-corrected chi connectivity index (χ1v) is 10.4. The SMILES string of the molecule is Cc1ccc(SC2CSc3nc(=O)c(C)nn3C2c2ccccc2)cc1. The zero-order chi connectivity index (χ0) is 18.1. The Labute approximate surface area is 161 Å². The molecule has 0 aliphatic carbocycles. The van der Waals surface area contributed by atoms with Crippen molar-refractivity contribution in [1.82, 2.24) is 14.8 Å². The Morgan fingerprint density at radius 1 is 1.08 bits per heavy atom. The van der Waals surface area contributed by atoms with Gasteiger partial charge >= 0.3 is 0 Å². The number of rotatable bonds is 3. The van der Waals surface area contributed by atoms with E-state index in [1.165, 1.54) is 16.0 Å². The van der Waals surface area contributed by atoms with Crippen LogP contribution in [0.1, 0.15) is 22.9 Å². The summed E-state index contributed by atoms with van der Waals surface area (Å²) in [6.45, 7) is 3.83. The van der Waals surface area contributed by atoms with Gasteiger partial charge in [0.1, 0.15) is 5.69 Å². The Bertz CT molecular complexity index is 971. The summed E-state index contributed by atoms with van der Waals surface area (Å²) < 4.78 is 1.94. The van der Waals surface area contributed by atoms with E-state index in [1.54, 1.807) is 18.7 Å². The number of fused-ring (bicyclic) bond motifs is 1. The molecule has 2 aromatic carbocycles. The first-order valence-electron chi connectivity index (χ1n) is 8.50. The molecule has 132 valence electrons. The molecular formula is C20H19N3OS2. The average molecular weight is 382 g/mol. The Hall–Kier alpha value is -2.05. The van der Waals surface area contributed by atoms with Crippen LogP contribution < -0.4 is 5.56 Å². The van der Waals surface area contributed by atoms with Crippen LogP contribution in [-0.4, -0.2) is 25.8 Å². The van der Waals surface area contributed by atoms with Crippen LogP contribution in [0.2, 0.25) is 0 Å². The minimum absolute atomic E-state index is 0.0468. The van der Waals surface area contributed by atoms with Crippen LogP contribution in [0.3, 0.4) is 0 Å². The van der Waals surface area contributed by atoms with Gasteiger partial charge in [-0.1, -0.05) is 59.8 Å². The molecule has 0 bridgehead atoms. The van der Waals surface area contributed by atoms with Crippen LogP contribution in [0.25, 0.3) is 0 Å². The number of hydrogen-bond acceptors (Lipinski definition) is 5. The maximum atomic E-state index is 11.9. The van der Waals surface area contributed by atoms with Gasteiger partial charge in [-0.3, -0.25) is 4.79 Å². The summed E-state index contributed by atoms with van der Waals surface area (Å²) in [5.74, 6) is 0.884. The maximum absolute atomic E-state index is 11.9. The van der Waals surface area contributed by atoms with Crippen molar-refractivity contribution >= 4 is 23.5 Å². The number of thioether (sulfide) groups is 2. The smallest absolute Gasteiger partial charge is 0.265 e. The summed E-state index contributed by atoms with van der Waals surface area (Å²) >= 11 is 3.47. The highest BCUT2D eigenvalue weighted by molar-refractivity contribution is 8.03. The molecule has 1 aromatic heterocycles. The molecule has 0 N–H and O–H groups in total. The second-order valence-electron chi connectivity index (χ2n) is 6.37. The van der Waals surface area contributed by atoms with Crippen LogP contribution in [0.15, 0.2) is 69.4 Å². The highest BCUT2D eigenvalue weighted by Gasteiger charge is 2.33. The van der Waals surface area contributed by atoms with Crippen molar-refractivity contribution in [3.05, 3.63) is 81.8 Å². The summed E-state index contributed by atoms with van der Waals surface area (Å²) in [5, 5.41) is 5.59. The molecule has 2 atom stereocenters. The van der Waals surface area contributed by atoms with Gasteiger partial charge in [-0.15, -0.1) is 11.8 Å². The minimum Gasteiger partial charge on any atom is -0.265 e. The van der Waals surface area contributed by atoms with Crippen LogP contribution in [0.4, 0.5) is 0 Å². The first kappa shape index (κ1) is 17.4. The van der Waals surface area contributed by atoms with Gasteiger partial charge in [-0.05, 0) is 31.5 Å². The summed E-state index contributed by atoms with van der Waals surface area (Å²) in [4.78, 5) is 17.4. The maximum Gasteiger partial charge on any atom is 0.295 e. The Kier molecular flexibility index (Phi) is 4.87. The molecule has 2 heterocycles. The van der Waals surface area contributed by atoms with Gasteiger partial charge in [-0.2, -0.15) is 10.1 Å². The van der Waals surface area contributed by atoms with Crippen LogP contribution in [-0.2, 0) is 0 Å². The van der Waals surface area contributed by atoms with Crippen molar-refractivity contribution in [2.45, 2.75) is 35.2 Å². The third kappa shape index (κ3) is 3.44. The predicted molar refractivity (Wildman–Crippen MR) is 107 cm³/mol. The quantitative estimate of drug-likeness (QED) is 0.683. The zero-order valence-electron chi connectivity index (χ0n) is 14.6. The number of benzene rings is 2. The number of hydrogen-bond donors (Lipinski definition) is 0. The number of aromatic nitrogens is 3. The van der Waals surface area contributed by atoms with Gasteiger partial charge in [0.05, 0.1) is 6.04 Å². The van der Waals surface area contributed by atoms with Gasteiger partial charge in [0.15, 0.2) is 5.16 Å². The minimum atomic E-state index is -0.236. The Morgan fingerprint density at radius 2 is 1.81 bits per heavy atom. The third-order valence-corrected chi connectivity index (χ3v) is 6.95. The lowest BCUT2D eigenvalue weighted by Gasteiger charge is -2.33. The lowest BCUT2D eigenvalue weighted by Crippen LogP contribution is -2.35. The molecule has 3 aromatic rings. The second kappa shape index (κ2) is 7.29. The molecular weight excluding hydrogens is 362 g/mol. The zero-order valence-corrected chi connectivity index (χ0v) is 16.3. The molecule has 2 unspecified atom stereocenters. The van der Waals surface area contributed by atoms with Crippen molar-refractivity contribution < 1.29 is 0 Å². The topological polar surface area (TPSA) is 47.8 Å². The van der Waals surface area contributed by atoms with Crippen molar-refractivity contribution in [1.29, 1.82) is 0 Å². The number of nitrogens with zero attached hydrogens (tertiary/aromatic N) is 3. The van der Waals surface area contributed by atoms with Crippen molar-refractivity contribution in [2.75, 3.05) is 5.75 Å². The van der Waals surface area contributed by atoms with Crippen molar-refractivity contribution in [3.8, 4) is 0 Å². The fourth-order valence-electron chi connectivity index (χ4n) is 3.05. The molecule has 0 fully saturated rings. The molecule has 26 heavy (non-hydrogen) atoms. The van der Waals surface area contributed by atoms with Crippen molar-refractivity contribution in [2.24, 2.45) is 0 Å². The normalized spacial score (nSPS) is 19.2. The lowest BCUT2D eigenvalue weighted by atomic mass is 10.0. The summed E-state index contributed by atoms with van der Waals surface area (Å²) in [6.07, 6.45) is 0. The second-order valence-corrected chi connectivity index (χ2v) is 8.67. The van der Waals surface area contributed by atoms with E-state index in [1.807, 2.05) is 34.6 Å². The van der Waals surface area contributed by atoms with E-state index in [0.717, 1.165) is 5.75 Å².